The van der Waals surface area contributed by atoms with Crippen molar-refractivity contribution < 1.29 is 14.3 Å². The van der Waals surface area contributed by atoms with Crippen molar-refractivity contribution in [2.45, 2.75) is 13.3 Å². The van der Waals surface area contributed by atoms with Crippen molar-refractivity contribution >= 4 is 17.8 Å². The molecule has 0 fully saturated rings. The largest absolute Gasteiger partial charge is 0.513 e. The summed E-state index contributed by atoms with van der Waals surface area (Å²) in [6, 6.07) is 5.10. The molecule has 0 aliphatic heterocycles. The lowest BCUT2D eigenvalue weighted by Crippen LogP contribution is -2.07. The second-order valence-corrected chi connectivity index (χ2v) is 3.07. The summed E-state index contributed by atoms with van der Waals surface area (Å²) in [5.74, 6) is 0.388. The molecule has 0 spiro atoms. The number of ether oxygens (including phenoxy) is 2. The van der Waals surface area contributed by atoms with Gasteiger partial charge in [-0.3, -0.25) is 0 Å². The summed E-state index contributed by atoms with van der Waals surface area (Å²) in [5.41, 5.74) is 1.02. The predicted octanol–water partition coefficient (Wildman–Crippen LogP) is 3.05. The second-order valence-electron chi connectivity index (χ2n) is 2.66. The molecule has 1 rings (SSSR count). The van der Waals surface area contributed by atoms with Gasteiger partial charge >= 0.3 is 6.16 Å². The van der Waals surface area contributed by atoms with Crippen molar-refractivity contribution in [1.82, 2.24) is 0 Å². The summed E-state index contributed by atoms with van der Waals surface area (Å²) in [4.78, 5) is 10.8. The number of hydrogen-bond donors (Lipinski definition) is 0. The molecule has 76 valence electrons. The highest BCUT2D eigenvalue weighted by Crippen LogP contribution is 2.23. The quantitative estimate of drug-likeness (QED) is 0.561. The first-order valence-electron chi connectivity index (χ1n) is 4.21. The van der Waals surface area contributed by atoms with Gasteiger partial charge < -0.3 is 9.47 Å². The number of rotatable bonds is 2. The maximum Gasteiger partial charge on any atom is 0.513 e. The Morgan fingerprint density at radius 2 is 2.21 bits per heavy atom. The molecule has 0 aliphatic rings. The number of aryl methyl sites for hydroxylation is 1. The number of hydrogen-bond acceptors (Lipinski definition) is 3. The summed E-state index contributed by atoms with van der Waals surface area (Å²) < 4.78 is 9.14. The van der Waals surface area contributed by atoms with Gasteiger partial charge in [-0.1, -0.05) is 24.6 Å². The first-order chi connectivity index (χ1) is 6.67. The maximum absolute atomic E-state index is 10.8. The molecule has 0 unspecified atom stereocenters. The van der Waals surface area contributed by atoms with Crippen LogP contribution in [0, 0.1) is 0 Å². The molecule has 1 aromatic carbocycles. The monoisotopic (exact) mass is 214 g/mol. The van der Waals surface area contributed by atoms with Gasteiger partial charge in [-0.25, -0.2) is 4.79 Å². The Balaban J connectivity index is 2.81. The lowest BCUT2D eigenvalue weighted by atomic mass is 10.2. The highest BCUT2D eigenvalue weighted by Gasteiger charge is 2.05. The average Bonchev–Trinajstić information content (AvgIpc) is 2.18. The average molecular weight is 215 g/mol. The van der Waals surface area contributed by atoms with E-state index in [2.05, 4.69) is 4.74 Å². The van der Waals surface area contributed by atoms with Crippen molar-refractivity contribution in [3.8, 4) is 5.75 Å². The lowest BCUT2D eigenvalue weighted by molar-refractivity contribution is 0.121. The third-order valence-electron chi connectivity index (χ3n) is 1.77. The van der Waals surface area contributed by atoms with Crippen LogP contribution in [-0.2, 0) is 11.2 Å². The molecule has 0 aromatic heterocycles. The summed E-state index contributed by atoms with van der Waals surface area (Å²) >= 11 is 5.92. The molecule has 0 saturated heterocycles. The molecule has 0 bridgehead atoms. The van der Waals surface area contributed by atoms with Crippen molar-refractivity contribution in [1.29, 1.82) is 0 Å². The molecule has 4 heteroatoms. The van der Waals surface area contributed by atoms with E-state index in [9.17, 15) is 4.79 Å². The summed E-state index contributed by atoms with van der Waals surface area (Å²) in [6.45, 7) is 2.00. The van der Waals surface area contributed by atoms with Gasteiger partial charge in [0.15, 0.2) is 0 Å². The maximum atomic E-state index is 10.8. The molecule has 14 heavy (non-hydrogen) atoms. The molecule has 0 saturated carbocycles. The van der Waals surface area contributed by atoms with Gasteiger partial charge in [0.2, 0.25) is 0 Å². The topological polar surface area (TPSA) is 35.5 Å². The zero-order chi connectivity index (χ0) is 10.6. The normalized spacial score (nSPS) is 9.64. The fraction of sp³-hybridized carbons (Fsp3) is 0.300. The molecule has 3 nitrogen and oxygen atoms in total. The molecule has 0 heterocycles. The van der Waals surface area contributed by atoms with Gasteiger partial charge in [0.25, 0.3) is 0 Å². The first-order valence-corrected chi connectivity index (χ1v) is 4.59. The van der Waals surface area contributed by atoms with Crippen molar-refractivity contribution in [2.24, 2.45) is 0 Å². The van der Waals surface area contributed by atoms with Crippen molar-refractivity contribution in [2.75, 3.05) is 7.11 Å². The molecule has 0 atom stereocenters. The number of methoxy groups -OCH3 is 1. The minimum Gasteiger partial charge on any atom is -0.437 e. The van der Waals surface area contributed by atoms with Gasteiger partial charge in [0, 0.05) is 5.02 Å². The molecule has 0 N–H and O–H groups in total. The van der Waals surface area contributed by atoms with Crippen molar-refractivity contribution in [3.63, 3.8) is 0 Å². The highest BCUT2D eigenvalue weighted by molar-refractivity contribution is 6.31. The van der Waals surface area contributed by atoms with E-state index < -0.39 is 6.16 Å². The molecule has 1 aromatic rings. The Labute approximate surface area is 87.6 Å². The number of halogens is 1. The van der Waals surface area contributed by atoms with E-state index in [1.807, 2.05) is 13.0 Å². The van der Waals surface area contributed by atoms with Gasteiger partial charge in [0.05, 0.1) is 7.11 Å². The van der Waals surface area contributed by atoms with Crippen LogP contribution >= 0.6 is 11.6 Å². The summed E-state index contributed by atoms with van der Waals surface area (Å²) in [5, 5.41) is 0.592. The number of carbonyl (C=O) groups excluding carboxylic acids is 1. The number of carbonyl (C=O) groups is 1. The SMILES string of the molecule is CCc1ccc(OC(=O)OC)cc1Cl. The minimum atomic E-state index is -0.745. The Morgan fingerprint density at radius 1 is 1.50 bits per heavy atom. The van der Waals surface area contributed by atoms with Crippen LogP contribution in [-0.4, -0.2) is 13.3 Å². The van der Waals surface area contributed by atoms with Crippen LogP contribution in [0.4, 0.5) is 4.79 Å². The Morgan fingerprint density at radius 3 is 2.71 bits per heavy atom. The van der Waals surface area contributed by atoms with E-state index in [0.29, 0.717) is 10.8 Å². The van der Waals surface area contributed by atoms with E-state index in [1.54, 1.807) is 12.1 Å². The molecule has 0 radical (unpaired) electrons. The smallest absolute Gasteiger partial charge is 0.437 e. The number of benzene rings is 1. The van der Waals surface area contributed by atoms with E-state index in [4.69, 9.17) is 16.3 Å². The second kappa shape index (κ2) is 4.86. The van der Waals surface area contributed by atoms with Crippen LogP contribution in [0.2, 0.25) is 5.02 Å². The Kier molecular flexibility index (Phi) is 3.77. The predicted molar refractivity (Wildman–Crippen MR) is 53.9 cm³/mol. The van der Waals surface area contributed by atoms with Crippen LogP contribution in [0.15, 0.2) is 18.2 Å². The zero-order valence-corrected chi connectivity index (χ0v) is 8.80. The van der Waals surface area contributed by atoms with E-state index in [1.165, 1.54) is 7.11 Å². The molecule has 0 aliphatic carbocycles. The Hall–Kier alpha value is -1.22. The third-order valence-corrected chi connectivity index (χ3v) is 2.13. The van der Waals surface area contributed by atoms with Gasteiger partial charge in [-0.2, -0.15) is 0 Å². The van der Waals surface area contributed by atoms with Gasteiger partial charge in [-0.15, -0.1) is 0 Å². The third kappa shape index (κ3) is 2.64. The van der Waals surface area contributed by atoms with E-state index in [0.717, 1.165) is 12.0 Å². The van der Waals surface area contributed by atoms with Crippen LogP contribution in [0.25, 0.3) is 0 Å². The zero-order valence-electron chi connectivity index (χ0n) is 8.04. The van der Waals surface area contributed by atoms with Gasteiger partial charge in [-0.05, 0) is 24.1 Å². The fourth-order valence-electron chi connectivity index (χ4n) is 1.02. The lowest BCUT2D eigenvalue weighted by Gasteiger charge is -2.05. The van der Waals surface area contributed by atoms with Crippen LogP contribution in [0.5, 0.6) is 5.75 Å². The van der Waals surface area contributed by atoms with Gasteiger partial charge in [0.1, 0.15) is 5.75 Å². The van der Waals surface area contributed by atoms with Crippen LogP contribution < -0.4 is 4.74 Å². The molecular formula is C10H11ClO3. The van der Waals surface area contributed by atoms with Crippen molar-refractivity contribution in [3.05, 3.63) is 28.8 Å². The summed E-state index contributed by atoms with van der Waals surface area (Å²) in [6.07, 6.45) is 0.0995. The van der Waals surface area contributed by atoms with Crippen LogP contribution in [0.1, 0.15) is 12.5 Å². The Bertz CT molecular complexity index is 336. The minimum absolute atomic E-state index is 0.388. The molecular weight excluding hydrogens is 204 g/mol. The van der Waals surface area contributed by atoms with E-state index >= 15 is 0 Å². The molecule has 0 amide bonds. The van der Waals surface area contributed by atoms with Crippen LogP contribution in [0.3, 0.4) is 0 Å². The standard InChI is InChI=1S/C10H11ClO3/c1-3-7-4-5-8(6-9(7)11)14-10(12)13-2/h4-6H,3H2,1-2H3. The van der Waals surface area contributed by atoms with E-state index in [-0.39, 0.29) is 0 Å². The fourth-order valence-corrected chi connectivity index (χ4v) is 1.32. The highest BCUT2D eigenvalue weighted by atomic mass is 35.5. The summed E-state index contributed by atoms with van der Waals surface area (Å²) in [7, 11) is 1.25. The first kappa shape index (κ1) is 10.9.